The molecule has 2 rings (SSSR count). The average molecular weight is 329 g/mol. The first-order valence-electron chi connectivity index (χ1n) is 5.39. The molecule has 0 aliphatic rings. The quantitative estimate of drug-likeness (QED) is 0.680. The number of nitro groups is 1. The van der Waals surface area contributed by atoms with Crippen LogP contribution in [0.15, 0.2) is 40.4 Å². The Bertz CT molecular complexity index is 724. The third kappa shape index (κ3) is 3.47. The van der Waals surface area contributed by atoms with Gasteiger partial charge in [-0.25, -0.2) is 14.2 Å². The van der Waals surface area contributed by atoms with E-state index >= 15 is 0 Å². The maximum atomic E-state index is 13.4. The Morgan fingerprint density at radius 3 is 2.67 bits per heavy atom. The van der Waals surface area contributed by atoms with E-state index in [1.54, 1.807) is 0 Å². The van der Waals surface area contributed by atoms with E-state index in [0.717, 1.165) is 30.1 Å². The lowest BCUT2D eigenvalue weighted by atomic mass is 10.3. The lowest BCUT2D eigenvalue weighted by molar-refractivity contribution is -0.387. The molecule has 108 valence electrons. The highest BCUT2D eigenvalue weighted by molar-refractivity contribution is 7.99. The van der Waals surface area contributed by atoms with Crippen molar-refractivity contribution in [2.75, 3.05) is 0 Å². The number of hydrogen-bond donors (Lipinski definition) is 1. The molecule has 1 heterocycles. The van der Waals surface area contributed by atoms with E-state index in [0.29, 0.717) is 5.03 Å². The standard InChI is InChI=1S/C12H6ClFN2O4S/c13-7-3-9(16(19)20)10(4-8(7)14)21-11-2-1-6(5-15-11)12(17)18/h1-5H,(H,17,18). The number of pyridine rings is 1. The summed E-state index contributed by atoms with van der Waals surface area (Å²) in [6.45, 7) is 0. The van der Waals surface area contributed by atoms with Gasteiger partial charge in [-0.2, -0.15) is 0 Å². The van der Waals surface area contributed by atoms with Crippen molar-refractivity contribution in [2.45, 2.75) is 9.92 Å². The van der Waals surface area contributed by atoms with Crippen LogP contribution in [-0.2, 0) is 0 Å². The van der Waals surface area contributed by atoms with Crippen LogP contribution in [0.25, 0.3) is 0 Å². The lowest BCUT2D eigenvalue weighted by Gasteiger charge is -2.04. The summed E-state index contributed by atoms with van der Waals surface area (Å²) in [5.74, 6) is -1.92. The minimum absolute atomic E-state index is 0.0175. The molecular weight excluding hydrogens is 323 g/mol. The molecular formula is C12H6ClFN2O4S. The van der Waals surface area contributed by atoms with E-state index in [-0.39, 0.29) is 21.2 Å². The Labute approximate surface area is 126 Å². The number of carboxylic acids is 1. The summed E-state index contributed by atoms with van der Waals surface area (Å²) in [5, 5.41) is 19.6. The molecule has 21 heavy (non-hydrogen) atoms. The van der Waals surface area contributed by atoms with Gasteiger partial charge >= 0.3 is 5.97 Å². The molecule has 2 aromatic rings. The molecule has 1 N–H and O–H groups in total. The Hall–Kier alpha value is -2.19. The number of nitrogens with zero attached hydrogens (tertiary/aromatic N) is 2. The topological polar surface area (TPSA) is 93.3 Å². The third-order valence-electron chi connectivity index (χ3n) is 2.40. The molecule has 0 fully saturated rings. The molecule has 0 spiro atoms. The van der Waals surface area contributed by atoms with Crippen LogP contribution in [0.2, 0.25) is 5.02 Å². The number of halogens is 2. The SMILES string of the molecule is O=C(O)c1ccc(Sc2cc(F)c(Cl)cc2[N+](=O)[O-])nc1. The summed E-state index contributed by atoms with van der Waals surface area (Å²) in [5.41, 5.74) is -0.369. The zero-order chi connectivity index (χ0) is 15.6. The van der Waals surface area contributed by atoms with Crippen LogP contribution < -0.4 is 0 Å². The summed E-state index contributed by atoms with van der Waals surface area (Å²) in [6.07, 6.45) is 1.11. The van der Waals surface area contributed by atoms with Crippen molar-refractivity contribution in [2.24, 2.45) is 0 Å². The van der Waals surface area contributed by atoms with Crippen molar-refractivity contribution in [1.29, 1.82) is 0 Å². The summed E-state index contributed by atoms with van der Waals surface area (Å²) in [7, 11) is 0. The van der Waals surface area contributed by atoms with Gasteiger partial charge < -0.3 is 5.11 Å². The van der Waals surface area contributed by atoms with Gasteiger partial charge in [0.1, 0.15) is 10.8 Å². The maximum absolute atomic E-state index is 13.4. The van der Waals surface area contributed by atoms with Crippen molar-refractivity contribution in [3.8, 4) is 0 Å². The van der Waals surface area contributed by atoms with E-state index in [1.165, 1.54) is 12.1 Å². The zero-order valence-corrected chi connectivity index (χ0v) is 11.7. The first kappa shape index (κ1) is 15.2. The molecule has 0 aliphatic carbocycles. The van der Waals surface area contributed by atoms with Gasteiger partial charge in [-0.15, -0.1) is 0 Å². The van der Waals surface area contributed by atoms with Gasteiger partial charge in [0.15, 0.2) is 0 Å². The molecule has 1 aromatic carbocycles. The Morgan fingerprint density at radius 1 is 1.43 bits per heavy atom. The number of rotatable bonds is 4. The van der Waals surface area contributed by atoms with Crippen LogP contribution in [0, 0.1) is 15.9 Å². The second-order valence-electron chi connectivity index (χ2n) is 3.78. The van der Waals surface area contributed by atoms with Gasteiger partial charge in [0.2, 0.25) is 0 Å². The fraction of sp³-hybridized carbons (Fsp3) is 0. The molecule has 0 aliphatic heterocycles. The number of hydrogen-bond acceptors (Lipinski definition) is 5. The number of benzene rings is 1. The second-order valence-corrected chi connectivity index (χ2v) is 5.25. The van der Waals surface area contributed by atoms with Crippen molar-refractivity contribution >= 4 is 35.0 Å². The van der Waals surface area contributed by atoms with Crippen molar-refractivity contribution in [3.05, 3.63) is 57.0 Å². The molecule has 0 atom stereocenters. The van der Waals surface area contributed by atoms with E-state index in [2.05, 4.69) is 4.98 Å². The van der Waals surface area contributed by atoms with Gasteiger partial charge in [0, 0.05) is 12.3 Å². The predicted molar refractivity (Wildman–Crippen MR) is 73.4 cm³/mol. The summed E-state index contributed by atoms with van der Waals surface area (Å²) in [6, 6.07) is 4.54. The van der Waals surface area contributed by atoms with Crippen LogP contribution in [0.4, 0.5) is 10.1 Å². The van der Waals surface area contributed by atoms with Gasteiger partial charge in [0.25, 0.3) is 5.69 Å². The van der Waals surface area contributed by atoms with Crippen LogP contribution in [-0.4, -0.2) is 21.0 Å². The highest BCUT2D eigenvalue weighted by atomic mass is 35.5. The zero-order valence-electron chi connectivity index (χ0n) is 10.1. The summed E-state index contributed by atoms with van der Waals surface area (Å²) >= 11 is 6.36. The fourth-order valence-electron chi connectivity index (χ4n) is 1.42. The van der Waals surface area contributed by atoms with Gasteiger partial charge in [-0.05, 0) is 18.2 Å². The Kier molecular flexibility index (Phi) is 4.39. The van der Waals surface area contributed by atoms with Gasteiger partial charge in [-0.3, -0.25) is 10.1 Å². The number of carbonyl (C=O) groups is 1. The van der Waals surface area contributed by atoms with Gasteiger partial charge in [0.05, 0.1) is 20.4 Å². The fourth-order valence-corrected chi connectivity index (χ4v) is 2.45. The van der Waals surface area contributed by atoms with E-state index in [4.69, 9.17) is 16.7 Å². The highest BCUT2D eigenvalue weighted by Gasteiger charge is 2.19. The third-order valence-corrected chi connectivity index (χ3v) is 3.68. The van der Waals surface area contributed by atoms with Crippen LogP contribution >= 0.6 is 23.4 Å². The van der Waals surface area contributed by atoms with Crippen LogP contribution in [0.5, 0.6) is 0 Å². The average Bonchev–Trinajstić information content (AvgIpc) is 2.43. The van der Waals surface area contributed by atoms with E-state index in [9.17, 15) is 19.3 Å². The normalized spacial score (nSPS) is 10.4. The van der Waals surface area contributed by atoms with E-state index in [1.807, 2.05) is 0 Å². The largest absolute Gasteiger partial charge is 0.478 e. The van der Waals surface area contributed by atoms with Crippen molar-refractivity contribution in [3.63, 3.8) is 0 Å². The molecule has 1 aromatic heterocycles. The number of carboxylic acid groups (broad SMARTS) is 1. The van der Waals surface area contributed by atoms with Crippen molar-refractivity contribution < 1.29 is 19.2 Å². The monoisotopic (exact) mass is 328 g/mol. The Morgan fingerprint density at radius 2 is 2.14 bits per heavy atom. The molecule has 0 saturated carbocycles. The number of nitro benzene ring substituents is 1. The summed E-state index contributed by atoms with van der Waals surface area (Å²) in [4.78, 5) is 24.8. The lowest BCUT2D eigenvalue weighted by Crippen LogP contribution is -1.97. The molecule has 9 heteroatoms. The molecule has 0 amide bonds. The molecule has 0 unspecified atom stereocenters. The van der Waals surface area contributed by atoms with Crippen LogP contribution in [0.3, 0.4) is 0 Å². The number of aromatic nitrogens is 1. The maximum Gasteiger partial charge on any atom is 0.337 e. The predicted octanol–water partition coefficient (Wildman–Crippen LogP) is 3.63. The first-order valence-corrected chi connectivity index (χ1v) is 6.58. The molecule has 6 nitrogen and oxygen atoms in total. The minimum Gasteiger partial charge on any atom is -0.478 e. The van der Waals surface area contributed by atoms with Crippen molar-refractivity contribution in [1.82, 2.24) is 4.98 Å². The Balaban J connectivity index is 2.36. The van der Waals surface area contributed by atoms with Gasteiger partial charge in [-0.1, -0.05) is 23.4 Å². The van der Waals surface area contributed by atoms with E-state index < -0.39 is 16.7 Å². The minimum atomic E-state index is -1.14. The first-order chi connectivity index (χ1) is 9.88. The highest BCUT2D eigenvalue weighted by Crippen LogP contribution is 2.36. The summed E-state index contributed by atoms with van der Waals surface area (Å²) < 4.78 is 13.4. The molecule has 0 saturated heterocycles. The second kappa shape index (κ2) is 6.06. The molecule has 0 bridgehead atoms. The smallest absolute Gasteiger partial charge is 0.337 e. The molecule has 0 radical (unpaired) electrons. The number of aromatic carboxylic acids is 1. The van der Waals surface area contributed by atoms with Crippen LogP contribution in [0.1, 0.15) is 10.4 Å².